The summed E-state index contributed by atoms with van der Waals surface area (Å²) in [5.41, 5.74) is 0.838. The van der Waals surface area contributed by atoms with Gasteiger partial charge in [0.25, 0.3) is 11.7 Å². The van der Waals surface area contributed by atoms with Crippen LogP contribution in [0.4, 0.5) is 5.69 Å². The summed E-state index contributed by atoms with van der Waals surface area (Å²) in [4.78, 5) is 24.5. The fourth-order valence-corrected chi connectivity index (χ4v) is 3.87. The number of anilines is 1. The van der Waals surface area contributed by atoms with Crippen molar-refractivity contribution >= 4 is 17.6 Å². The quantitative estimate of drug-likeness (QED) is 0.772. The summed E-state index contributed by atoms with van der Waals surface area (Å²) < 4.78 is 28.0. The van der Waals surface area contributed by atoms with E-state index < -0.39 is 24.3 Å². The molecular weight excluding hydrogens is 390 g/mol. The Morgan fingerprint density at radius 3 is 2.47 bits per heavy atom. The monoisotopic (exact) mass is 411 g/mol. The molecule has 1 spiro atoms. The minimum Gasteiger partial charge on any atom is -0.486 e. The first-order valence-corrected chi connectivity index (χ1v) is 9.99. The average molecular weight is 411 g/mol. The molecule has 30 heavy (non-hydrogen) atoms. The van der Waals surface area contributed by atoms with Crippen molar-refractivity contribution < 1.29 is 33.3 Å². The van der Waals surface area contributed by atoms with Crippen LogP contribution in [0.25, 0.3) is 0 Å². The lowest BCUT2D eigenvalue weighted by atomic mass is 10.2. The maximum atomic E-state index is 12.2. The Hall–Kier alpha value is -3.42. The second-order valence-corrected chi connectivity index (χ2v) is 7.47. The highest BCUT2D eigenvalue weighted by atomic mass is 16.7. The third-order valence-electron chi connectivity index (χ3n) is 5.30. The van der Waals surface area contributed by atoms with Crippen LogP contribution >= 0.6 is 0 Å². The molecular formula is C22H21NO7. The summed E-state index contributed by atoms with van der Waals surface area (Å²) in [7, 11) is 0. The maximum absolute atomic E-state index is 12.2. The molecule has 0 atom stereocenters. The molecule has 1 amide bonds. The van der Waals surface area contributed by atoms with Gasteiger partial charge in [-0.1, -0.05) is 0 Å². The van der Waals surface area contributed by atoms with Crippen molar-refractivity contribution in [1.82, 2.24) is 0 Å². The fraction of sp³-hybridized carbons (Fsp3) is 0.364. The number of amides is 1. The van der Waals surface area contributed by atoms with E-state index in [2.05, 4.69) is 5.32 Å². The van der Waals surface area contributed by atoms with Gasteiger partial charge < -0.3 is 29.0 Å². The summed E-state index contributed by atoms with van der Waals surface area (Å²) in [6.07, 6.45) is 3.87. The van der Waals surface area contributed by atoms with Gasteiger partial charge in [-0.2, -0.15) is 0 Å². The lowest BCUT2D eigenvalue weighted by Crippen LogP contribution is -2.34. The highest BCUT2D eigenvalue weighted by Crippen LogP contribution is 2.47. The Bertz CT molecular complexity index is 997. The van der Waals surface area contributed by atoms with Gasteiger partial charge in [-0.05, 0) is 43.2 Å². The highest BCUT2D eigenvalue weighted by molar-refractivity contribution is 5.96. The Kier molecular flexibility index (Phi) is 4.61. The van der Waals surface area contributed by atoms with Crippen LogP contribution in [0.3, 0.4) is 0 Å². The molecule has 5 rings (SSSR count). The second kappa shape index (κ2) is 7.44. The molecule has 2 aromatic carbocycles. The summed E-state index contributed by atoms with van der Waals surface area (Å²) >= 11 is 0. The molecule has 0 unspecified atom stereocenters. The van der Waals surface area contributed by atoms with E-state index in [-0.39, 0.29) is 5.56 Å². The van der Waals surface area contributed by atoms with Gasteiger partial charge in [0.05, 0.1) is 5.56 Å². The maximum Gasteiger partial charge on any atom is 0.338 e. The molecule has 0 aromatic heterocycles. The third-order valence-corrected chi connectivity index (χ3v) is 5.30. The van der Waals surface area contributed by atoms with Crippen molar-refractivity contribution in [2.45, 2.75) is 31.5 Å². The first-order valence-electron chi connectivity index (χ1n) is 9.99. The van der Waals surface area contributed by atoms with E-state index in [1.165, 1.54) is 0 Å². The van der Waals surface area contributed by atoms with E-state index in [1.54, 1.807) is 36.4 Å². The number of esters is 1. The second-order valence-electron chi connectivity index (χ2n) is 7.47. The molecule has 8 heteroatoms. The molecule has 2 heterocycles. The van der Waals surface area contributed by atoms with Crippen molar-refractivity contribution in [2.24, 2.45) is 0 Å². The van der Waals surface area contributed by atoms with Gasteiger partial charge in [-0.15, -0.1) is 0 Å². The standard InChI is InChI=1S/C22H21NO7/c24-20(13-28-21(25)14-3-5-16-18(11-14)27-10-9-26-16)23-15-4-6-17-19(12-15)30-22(29-17)7-1-2-8-22/h3-6,11-12H,1-2,7-10,13H2,(H,23,24). The van der Waals surface area contributed by atoms with Gasteiger partial charge in [-0.3, -0.25) is 4.79 Å². The Balaban J connectivity index is 1.17. The number of nitrogens with one attached hydrogen (secondary N) is 1. The third kappa shape index (κ3) is 3.60. The Morgan fingerprint density at radius 2 is 1.63 bits per heavy atom. The van der Waals surface area contributed by atoms with Crippen LogP contribution in [0, 0.1) is 0 Å². The number of hydrogen-bond donors (Lipinski definition) is 1. The molecule has 1 N–H and O–H groups in total. The van der Waals surface area contributed by atoms with Gasteiger partial charge in [0.2, 0.25) is 0 Å². The van der Waals surface area contributed by atoms with Crippen molar-refractivity contribution in [3.05, 3.63) is 42.0 Å². The van der Waals surface area contributed by atoms with Crippen molar-refractivity contribution in [3.8, 4) is 23.0 Å². The van der Waals surface area contributed by atoms with Gasteiger partial charge in [0, 0.05) is 24.6 Å². The summed E-state index contributed by atoms with van der Waals surface area (Å²) in [6.45, 7) is 0.480. The van der Waals surface area contributed by atoms with Crippen LogP contribution in [-0.2, 0) is 9.53 Å². The lowest BCUT2D eigenvalue weighted by molar-refractivity contribution is -0.119. The van der Waals surface area contributed by atoms with Crippen molar-refractivity contribution in [1.29, 1.82) is 0 Å². The van der Waals surface area contributed by atoms with E-state index in [0.29, 0.717) is 41.9 Å². The molecule has 156 valence electrons. The van der Waals surface area contributed by atoms with Crippen LogP contribution in [-0.4, -0.2) is 37.5 Å². The minimum atomic E-state index is -0.615. The first kappa shape index (κ1) is 18.6. The molecule has 1 fully saturated rings. The Labute approximate surface area is 173 Å². The SMILES string of the molecule is O=C(COC(=O)c1ccc2c(c1)OCCO2)Nc1ccc2c(c1)OC1(CCCC1)O2. The first-order chi connectivity index (χ1) is 14.6. The lowest BCUT2D eigenvalue weighted by Gasteiger charge is -2.21. The number of carbonyl (C=O) groups excluding carboxylic acids is 2. The molecule has 2 aromatic rings. The number of carbonyl (C=O) groups is 2. The molecule has 3 aliphatic rings. The van der Waals surface area contributed by atoms with Gasteiger partial charge in [-0.25, -0.2) is 4.79 Å². The molecule has 2 aliphatic heterocycles. The predicted molar refractivity (Wildman–Crippen MR) is 105 cm³/mol. The number of fused-ring (bicyclic) bond motifs is 2. The number of rotatable bonds is 4. The largest absolute Gasteiger partial charge is 0.486 e. The normalized spacial score (nSPS) is 17.6. The Morgan fingerprint density at radius 1 is 0.900 bits per heavy atom. The van der Waals surface area contributed by atoms with Crippen molar-refractivity contribution in [3.63, 3.8) is 0 Å². The van der Waals surface area contributed by atoms with Crippen LogP contribution in [0.15, 0.2) is 36.4 Å². The van der Waals surface area contributed by atoms with Gasteiger partial charge in [0.1, 0.15) is 13.2 Å². The fourth-order valence-electron chi connectivity index (χ4n) is 3.87. The molecule has 1 saturated carbocycles. The zero-order chi connectivity index (χ0) is 20.6. The summed E-state index contributed by atoms with van der Waals surface area (Å²) in [5, 5.41) is 2.71. The van der Waals surface area contributed by atoms with Crippen LogP contribution in [0.5, 0.6) is 23.0 Å². The molecule has 1 aliphatic carbocycles. The highest BCUT2D eigenvalue weighted by Gasteiger charge is 2.44. The summed E-state index contributed by atoms with van der Waals surface area (Å²) in [5.74, 6) is 0.747. The van der Waals surface area contributed by atoms with E-state index in [0.717, 1.165) is 25.7 Å². The smallest absolute Gasteiger partial charge is 0.338 e. The minimum absolute atomic E-state index is 0.289. The van der Waals surface area contributed by atoms with Gasteiger partial charge >= 0.3 is 5.97 Å². The van der Waals surface area contributed by atoms with E-state index in [4.69, 9.17) is 23.7 Å². The van der Waals surface area contributed by atoms with Crippen LogP contribution in [0.2, 0.25) is 0 Å². The topological polar surface area (TPSA) is 92.3 Å². The van der Waals surface area contributed by atoms with E-state index in [1.807, 2.05) is 0 Å². The molecule has 0 saturated heterocycles. The molecule has 8 nitrogen and oxygen atoms in total. The van der Waals surface area contributed by atoms with E-state index in [9.17, 15) is 9.59 Å². The van der Waals surface area contributed by atoms with Crippen LogP contribution in [0.1, 0.15) is 36.0 Å². The molecule has 0 radical (unpaired) electrons. The van der Waals surface area contributed by atoms with Crippen molar-refractivity contribution in [2.75, 3.05) is 25.1 Å². The van der Waals surface area contributed by atoms with Gasteiger partial charge in [0.15, 0.2) is 29.6 Å². The average Bonchev–Trinajstić information content (AvgIpc) is 3.37. The zero-order valence-electron chi connectivity index (χ0n) is 16.3. The predicted octanol–water partition coefficient (Wildman–Crippen LogP) is 3.29. The number of benzene rings is 2. The number of ether oxygens (including phenoxy) is 5. The summed E-state index contributed by atoms with van der Waals surface area (Å²) in [6, 6.07) is 10.0. The number of hydrogen-bond acceptors (Lipinski definition) is 7. The van der Waals surface area contributed by atoms with Crippen LogP contribution < -0.4 is 24.3 Å². The zero-order valence-corrected chi connectivity index (χ0v) is 16.3. The molecule has 0 bridgehead atoms. The van der Waals surface area contributed by atoms with E-state index >= 15 is 0 Å².